The van der Waals surface area contributed by atoms with E-state index in [1.54, 1.807) is 16.9 Å². The van der Waals surface area contributed by atoms with Gasteiger partial charge < -0.3 is 4.74 Å². The molecule has 0 spiro atoms. The first-order valence-electron chi connectivity index (χ1n) is 9.21. The van der Waals surface area contributed by atoms with Crippen LogP contribution in [-0.4, -0.2) is 26.6 Å². The molecule has 1 N–H and O–H groups in total. The minimum atomic E-state index is -0.436. The Kier molecular flexibility index (Phi) is 5.31. The highest BCUT2D eigenvalue weighted by atomic mass is 35.5. The number of benzene rings is 1. The van der Waals surface area contributed by atoms with Crippen molar-refractivity contribution in [2.45, 2.75) is 25.4 Å². The predicted octanol–water partition coefficient (Wildman–Crippen LogP) is 3.23. The number of rotatable bonds is 5. The van der Waals surface area contributed by atoms with Crippen molar-refractivity contribution < 1.29 is 14.3 Å². The number of carbonyl (C=O) groups is 2. The SMILES string of the molecule is Cn1ccc(COc2ccc(-c3cccc(C4CCC(=O)NC4=O)c3Cl)cn2)n1. The lowest BCUT2D eigenvalue weighted by molar-refractivity contribution is -0.134. The van der Waals surface area contributed by atoms with Gasteiger partial charge in [-0.25, -0.2) is 4.98 Å². The number of hydrogen-bond acceptors (Lipinski definition) is 5. The maximum atomic E-state index is 12.2. The van der Waals surface area contributed by atoms with E-state index in [4.69, 9.17) is 16.3 Å². The first-order valence-corrected chi connectivity index (χ1v) is 9.59. The lowest BCUT2D eigenvalue weighted by atomic mass is 9.89. The van der Waals surface area contributed by atoms with E-state index in [9.17, 15) is 9.59 Å². The van der Waals surface area contributed by atoms with E-state index in [0.717, 1.165) is 16.8 Å². The topological polar surface area (TPSA) is 86.1 Å². The molecule has 3 aromatic rings. The Morgan fingerprint density at radius 1 is 1.24 bits per heavy atom. The number of hydrogen-bond donors (Lipinski definition) is 1. The molecule has 0 aliphatic carbocycles. The lowest BCUT2D eigenvalue weighted by Crippen LogP contribution is -2.39. The van der Waals surface area contributed by atoms with Gasteiger partial charge in [0.15, 0.2) is 0 Å². The summed E-state index contributed by atoms with van der Waals surface area (Å²) in [6.07, 6.45) is 4.29. The Labute approximate surface area is 172 Å². The summed E-state index contributed by atoms with van der Waals surface area (Å²) < 4.78 is 7.38. The number of amides is 2. The van der Waals surface area contributed by atoms with Crippen LogP contribution >= 0.6 is 11.6 Å². The molecule has 1 fully saturated rings. The van der Waals surface area contributed by atoms with E-state index in [1.165, 1.54) is 0 Å². The third kappa shape index (κ3) is 4.14. The van der Waals surface area contributed by atoms with Gasteiger partial charge in [0, 0.05) is 43.1 Å². The van der Waals surface area contributed by atoms with Gasteiger partial charge in [0.05, 0.1) is 16.6 Å². The first-order chi connectivity index (χ1) is 14.0. The van der Waals surface area contributed by atoms with E-state index in [2.05, 4.69) is 15.4 Å². The van der Waals surface area contributed by atoms with Crippen LogP contribution in [0.25, 0.3) is 11.1 Å². The molecule has 8 heteroatoms. The van der Waals surface area contributed by atoms with Gasteiger partial charge in [0.25, 0.3) is 0 Å². The Balaban J connectivity index is 1.52. The molecule has 1 aliphatic heterocycles. The van der Waals surface area contributed by atoms with Gasteiger partial charge in [-0.2, -0.15) is 5.10 Å². The molecular weight excluding hydrogens is 392 g/mol. The lowest BCUT2D eigenvalue weighted by Gasteiger charge is -2.23. The molecule has 4 rings (SSSR count). The van der Waals surface area contributed by atoms with E-state index in [-0.39, 0.29) is 11.8 Å². The molecule has 3 heterocycles. The Bertz CT molecular complexity index is 1060. The number of carbonyl (C=O) groups excluding carboxylic acids is 2. The third-order valence-electron chi connectivity index (χ3n) is 4.83. The number of aryl methyl sites for hydroxylation is 1. The summed E-state index contributed by atoms with van der Waals surface area (Å²) in [5.41, 5.74) is 3.12. The van der Waals surface area contributed by atoms with E-state index in [0.29, 0.717) is 35.9 Å². The monoisotopic (exact) mass is 410 g/mol. The fraction of sp³-hybridized carbons (Fsp3) is 0.238. The van der Waals surface area contributed by atoms with Gasteiger partial charge in [-0.15, -0.1) is 0 Å². The van der Waals surface area contributed by atoms with Gasteiger partial charge in [-0.1, -0.05) is 29.8 Å². The van der Waals surface area contributed by atoms with Crippen LogP contribution < -0.4 is 10.1 Å². The molecular formula is C21H19ClN4O3. The highest BCUT2D eigenvalue weighted by Crippen LogP contribution is 2.37. The van der Waals surface area contributed by atoms with Crippen LogP contribution in [0.5, 0.6) is 5.88 Å². The molecule has 2 amide bonds. The summed E-state index contributed by atoms with van der Waals surface area (Å²) in [5.74, 6) is -0.508. The second-order valence-corrected chi connectivity index (χ2v) is 7.24. The highest BCUT2D eigenvalue weighted by molar-refractivity contribution is 6.34. The Morgan fingerprint density at radius 3 is 2.79 bits per heavy atom. The van der Waals surface area contributed by atoms with Crippen LogP contribution in [0.15, 0.2) is 48.8 Å². The number of pyridine rings is 1. The van der Waals surface area contributed by atoms with Crippen molar-refractivity contribution in [3.63, 3.8) is 0 Å². The first kappa shape index (κ1) is 19.1. The molecule has 1 atom stereocenters. The summed E-state index contributed by atoms with van der Waals surface area (Å²) >= 11 is 6.63. The minimum absolute atomic E-state index is 0.246. The fourth-order valence-electron chi connectivity index (χ4n) is 3.35. The van der Waals surface area contributed by atoms with E-state index < -0.39 is 5.92 Å². The molecule has 1 aliphatic rings. The highest BCUT2D eigenvalue weighted by Gasteiger charge is 2.30. The number of ether oxygens (including phenoxy) is 1. The van der Waals surface area contributed by atoms with Crippen molar-refractivity contribution in [3.05, 3.63) is 65.1 Å². The van der Waals surface area contributed by atoms with E-state index >= 15 is 0 Å². The normalized spacial score (nSPS) is 16.6. The standard InChI is InChI=1S/C21H19ClN4O3/c1-26-10-9-14(25-26)12-29-19-8-5-13(11-23-19)15-3-2-4-16(20(15)22)17-6-7-18(27)24-21(17)28/h2-5,8-11,17H,6-7,12H2,1H3,(H,24,27,28). The number of halogens is 1. The fourth-order valence-corrected chi connectivity index (χ4v) is 3.71. The molecule has 2 aromatic heterocycles. The zero-order valence-electron chi connectivity index (χ0n) is 15.8. The second kappa shape index (κ2) is 8.05. The van der Waals surface area contributed by atoms with Gasteiger partial charge in [0.2, 0.25) is 17.7 Å². The molecule has 7 nitrogen and oxygen atoms in total. The van der Waals surface area contributed by atoms with Gasteiger partial charge in [-0.05, 0) is 24.1 Å². The van der Waals surface area contributed by atoms with Crippen molar-refractivity contribution in [1.29, 1.82) is 0 Å². The summed E-state index contributed by atoms with van der Waals surface area (Å²) in [6.45, 7) is 0.332. The van der Waals surface area contributed by atoms with Crippen LogP contribution in [-0.2, 0) is 23.2 Å². The van der Waals surface area contributed by atoms with Crippen molar-refractivity contribution in [1.82, 2.24) is 20.1 Å². The summed E-state index contributed by atoms with van der Waals surface area (Å²) in [7, 11) is 1.85. The second-order valence-electron chi connectivity index (χ2n) is 6.87. The van der Waals surface area contributed by atoms with Crippen LogP contribution in [0.1, 0.15) is 30.0 Å². The maximum absolute atomic E-state index is 12.2. The average Bonchev–Trinajstić information content (AvgIpc) is 3.13. The molecule has 1 saturated heterocycles. The number of aromatic nitrogens is 3. The van der Waals surface area contributed by atoms with Crippen molar-refractivity contribution >= 4 is 23.4 Å². The van der Waals surface area contributed by atoms with Crippen LogP contribution in [0.4, 0.5) is 0 Å². The molecule has 0 saturated carbocycles. The minimum Gasteiger partial charge on any atom is -0.471 e. The van der Waals surface area contributed by atoms with Crippen molar-refractivity contribution in [2.75, 3.05) is 0 Å². The maximum Gasteiger partial charge on any atom is 0.234 e. The largest absolute Gasteiger partial charge is 0.471 e. The summed E-state index contributed by atoms with van der Waals surface area (Å²) in [5, 5.41) is 7.13. The molecule has 1 unspecified atom stereocenters. The van der Waals surface area contributed by atoms with Crippen LogP contribution in [0.3, 0.4) is 0 Å². The molecule has 29 heavy (non-hydrogen) atoms. The molecule has 0 radical (unpaired) electrons. The van der Waals surface area contributed by atoms with Crippen molar-refractivity contribution in [2.24, 2.45) is 7.05 Å². The van der Waals surface area contributed by atoms with Crippen LogP contribution in [0, 0.1) is 0 Å². The Hall–Kier alpha value is -3.19. The predicted molar refractivity (Wildman–Crippen MR) is 107 cm³/mol. The van der Waals surface area contributed by atoms with Crippen molar-refractivity contribution in [3.8, 4) is 17.0 Å². The van der Waals surface area contributed by atoms with Gasteiger partial charge in [-0.3, -0.25) is 19.6 Å². The quantitative estimate of drug-likeness (QED) is 0.652. The summed E-state index contributed by atoms with van der Waals surface area (Å²) in [4.78, 5) is 28.0. The molecule has 1 aromatic carbocycles. The zero-order chi connectivity index (χ0) is 20.4. The zero-order valence-corrected chi connectivity index (χ0v) is 16.5. The van der Waals surface area contributed by atoms with Gasteiger partial charge >= 0.3 is 0 Å². The average molecular weight is 411 g/mol. The number of nitrogens with zero attached hydrogens (tertiary/aromatic N) is 3. The third-order valence-corrected chi connectivity index (χ3v) is 5.25. The number of nitrogens with one attached hydrogen (secondary N) is 1. The smallest absolute Gasteiger partial charge is 0.234 e. The molecule has 0 bridgehead atoms. The summed E-state index contributed by atoms with van der Waals surface area (Å²) in [6, 6.07) is 11.1. The molecule has 148 valence electrons. The van der Waals surface area contributed by atoms with E-state index in [1.807, 2.05) is 43.6 Å². The van der Waals surface area contributed by atoms with Crippen LogP contribution in [0.2, 0.25) is 5.02 Å². The number of piperidine rings is 1. The number of imide groups is 1. The Morgan fingerprint density at radius 2 is 2.10 bits per heavy atom. The van der Waals surface area contributed by atoms with Gasteiger partial charge in [0.1, 0.15) is 6.61 Å².